The van der Waals surface area contributed by atoms with Gasteiger partial charge in [-0.25, -0.2) is 0 Å². The van der Waals surface area contributed by atoms with Gasteiger partial charge in [0.15, 0.2) is 0 Å². The molecule has 60 valence electrons. The molecule has 2 nitrogen and oxygen atoms in total. The summed E-state index contributed by atoms with van der Waals surface area (Å²) >= 11 is 0. The number of alkyl halides is 3. The standard InChI is InChI=1S/C5H8F3NO/c6-5(7,8)4-9-2-1-3-10/h4,10H,1-3H2. The molecule has 5 heteroatoms. The predicted octanol–water partition coefficient (Wildman–Crippen LogP) is 1.00. The number of halogens is 3. The molecule has 0 atom stereocenters. The van der Waals surface area contributed by atoms with E-state index in [4.69, 9.17) is 5.11 Å². The highest BCUT2D eigenvalue weighted by Gasteiger charge is 2.22. The first kappa shape index (κ1) is 9.42. The lowest BCUT2D eigenvalue weighted by Gasteiger charge is -1.95. The molecule has 0 unspecified atom stereocenters. The summed E-state index contributed by atoms with van der Waals surface area (Å²) in [5.74, 6) is 0. The fourth-order valence-corrected chi connectivity index (χ4v) is 0.330. The predicted molar refractivity (Wildman–Crippen MR) is 31.1 cm³/mol. The van der Waals surface area contributed by atoms with Crippen molar-refractivity contribution >= 4 is 6.21 Å². The molecule has 0 spiro atoms. The average molecular weight is 155 g/mol. The maximum Gasteiger partial charge on any atom is 0.426 e. The number of nitrogens with zero attached hydrogens (tertiary/aromatic N) is 1. The van der Waals surface area contributed by atoms with Gasteiger partial charge in [0.2, 0.25) is 0 Å². The van der Waals surface area contributed by atoms with E-state index >= 15 is 0 Å². The van der Waals surface area contributed by atoms with Gasteiger partial charge in [-0.05, 0) is 6.42 Å². The lowest BCUT2D eigenvalue weighted by molar-refractivity contribution is -0.0537. The summed E-state index contributed by atoms with van der Waals surface area (Å²) in [5.41, 5.74) is 0. The van der Waals surface area contributed by atoms with Crippen LogP contribution >= 0.6 is 0 Å². The van der Waals surface area contributed by atoms with E-state index in [1.807, 2.05) is 0 Å². The van der Waals surface area contributed by atoms with Crippen LogP contribution in [0.25, 0.3) is 0 Å². The van der Waals surface area contributed by atoms with Crippen LogP contribution in [0.15, 0.2) is 4.99 Å². The van der Waals surface area contributed by atoms with Gasteiger partial charge in [-0.15, -0.1) is 0 Å². The van der Waals surface area contributed by atoms with Gasteiger partial charge in [0.1, 0.15) is 6.21 Å². The van der Waals surface area contributed by atoms with E-state index in [-0.39, 0.29) is 25.8 Å². The number of aliphatic hydroxyl groups is 1. The third kappa shape index (κ3) is 7.42. The summed E-state index contributed by atoms with van der Waals surface area (Å²) in [6, 6.07) is 0. The Hall–Kier alpha value is -0.580. The molecule has 0 bridgehead atoms. The summed E-state index contributed by atoms with van der Waals surface area (Å²) in [4.78, 5) is 3.02. The Bertz CT molecular complexity index is 110. The van der Waals surface area contributed by atoms with E-state index in [1.54, 1.807) is 0 Å². The highest BCUT2D eigenvalue weighted by Crippen LogP contribution is 2.10. The average Bonchev–Trinajstić information content (AvgIpc) is 1.78. The number of hydrogen-bond acceptors (Lipinski definition) is 2. The van der Waals surface area contributed by atoms with Crippen LogP contribution in [0.3, 0.4) is 0 Å². The summed E-state index contributed by atoms with van der Waals surface area (Å²) < 4.78 is 33.8. The van der Waals surface area contributed by atoms with Crippen LogP contribution in [-0.2, 0) is 0 Å². The van der Waals surface area contributed by atoms with Gasteiger partial charge in [0.25, 0.3) is 0 Å². The van der Waals surface area contributed by atoms with Crippen molar-refractivity contribution in [3.63, 3.8) is 0 Å². The fraction of sp³-hybridized carbons (Fsp3) is 0.800. The highest BCUT2D eigenvalue weighted by atomic mass is 19.4. The van der Waals surface area contributed by atoms with E-state index in [2.05, 4.69) is 4.99 Å². The van der Waals surface area contributed by atoms with Crippen LogP contribution in [0.5, 0.6) is 0 Å². The lowest BCUT2D eigenvalue weighted by Crippen LogP contribution is -2.09. The Morgan fingerprint density at radius 3 is 2.40 bits per heavy atom. The molecule has 0 saturated heterocycles. The third-order valence-electron chi connectivity index (χ3n) is 0.683. The lowest BCUT2D eigenvalue weighted by atomic mass is 10.5. The smallest absolute Gasteiger partial charge is 0.396 e. The molecule has 0 saturated carbocycles. The van der Waals surface area contributed by atoms with Crippen molar-refractivity contribution in [1.29, 1.82) is 0 Å². The molecule has 0 aliphatic rings. The molecule has 0 amide bonds. The third-order valence-corrected chi connectivity index (χ3v) is 0.683. The summed E-state index contributed by atoms with van der Waals surface area (Å²) in [6.07, 6.45) is -4.12. The molecule has 0 fully saturated rings. The number of hydrogen-bond donors (Lipinski definition) is 1. The fourth-order valence-electron chi connectivity index (χ4n) is 0.330. The maximum atomic E-state index is 11.3. The van der Waals surface area contributed by atoms with Crippen LogP contribution in [0, 0.1) is 0 Å². The minimum atomic E-state index is -4.32. The Morgan fingerprint density at radius 1 is 1.40 bits per heavy atom. The zero-order chi connectivity index (χ0) is 8.04. The molecule has 0 rings (SSSR count). The molecule has 0 aromatic rings. The van der Waals surface area contributed by atoms with Crippen LogP contribution in [0.4, 0.5) is 13.2 Å². The van der Waals surface area contributed by atoms with Gasteiger partial charge < -0.3 is 5.11 Å². The van der Waals surface area contributed by atoms with Crippen molar-refractivity contribution in [2.75, 3.05) is 13.2 Å². The SMILES string of the molecule is OCCCN=CC(F)(F)F. The Labute approximate surface area is 56.4 Å². The molecule has 0 aromatic carbocycles. The largest absolute Gasteiger partial charge is 0.426 e. The number of rotatable bonds is 3. The first-order valence-corrected chi connectivity index (χ1v) is 2.75. The van der Waals surface area contributed by atoms with Crippen molar-refractivity contribution in [3.8, 4) is 0 Å². The normalized spacial score (nSPS) is 12.8. The summed E-state index contributed by atoms with van der Waals surface area (Å²) in [6.45, 7) is -0.106. The van der Waals surface area contributed by atoms with Crippen molar-refractivity contribution in [2.45, 2.75) is 12.6 Å². The van der Waals surface area contributed by atoms with Gasteiger partial charge in [0, 0.05) is 13.2 Å². The monoisotopic (exact) mass is 155 g/mol. The molecule has 0 aromatic heterocycles. The summed E-state index contributed by atoms with van der Waals surface area (Å²) in [5, 5.41) is 8.14. The highest BCUT2D eigenvalue weighted by molar-refractivity contribution is 5.63. The number of aliphatic imine (C=N–C) groups is 1. The van der Waals surface area contributed by atoms with E-state index in [0.29, 0.717) is 0 Å². The van der Waals surface area contributed by atoms with Gasteiger partial charge in [-0.3, -0.25) is 4.99 Å². The zero-order valence-electron chi connectivity index (χ0n) is 5.23. The van der Waals surface area contributed by atoms with E-state index in [9.17, 15) is 13.2 Å². The van der Waals surface area contributed by atoms with Crippen molar-refractivity contribution < 1.29 is 18.3 Å². The second-order valence-electron chi connectivity index (χ2n) is 1.65. The molecular weight excluding hydrogens is 147 g/mol. The topological polar surface area (TPSA) is 32.6 Å². The Kier molecular flexibility index (Phi) is 4.02. The van der Waals surface area contributed by atoms with E-state index in [0.717, 1.165) is 0 Å². The van der Waals surface area contributed by atoms with E-state index in [1.165, 1.54) is 0 Å². The molecule has 0 heterocycles. The minimum Gasteiger partial charge on any atom is -0.396 e. The second kappa shape index (κ2) is 4.27. The Morgan fingerprint density at radius 2 is 2.00 bits per heavy atom. The van der Waals surface area contributed by atoms with Gasteiger partial charge >= 0.3 is 6.18 Å². The minimum absolute atomic E-state index is 0.0238. The summed E-state index contributed by atoms with van der Waals surface area (Å²) in [7, 11) is 0. The van der Waals surface area contributed by atoms with Crippen LogP contribution in [0.1, 0.15) is 6.42 Å². The molecular formula is C5H8F3NO. The molecule has 0 aliphatic heterocycles. The van der Waals surface area contributed by atoms with Gasteiger partial charge in [-0.1, -0.05) is 0 Å². The molecule has 1 N–H and O–H groups in total. The molecule has 0 aliphatic carbocycles. The quantitative estimate of drug-likeness (QED) is 0.478. The van der Waals surface area contributed by atoms with Gasteiger partial charge in [0.05, 0.1) is 0 Å². The maximum absolute atomic E-state index is 11.3. The van der Waals surface area contributed by atoms with Crippen molar-refractivity contribution in [2.24, 2.45) is 4.99 Å². The molecule has 0 radical (unpaired) electrons. The van der Waals surface area contributed by atoms with E-state index < -0.39 is 6.18 Å². The first-order valence-electron chi connectivity index (χ1n) is 2.75. The van der Waals surface area contributed by atoms with Crippen molar-refractivity contribution in [1.82, 2.24) is 0 Å². The Balaban J connectivity index is 3.37. The van der Waals surface area contributed by atoms with Gasteiger partial charge in [-0.2, -0.15) is 13.2 Å². The van der Waals surface area contributed by atoms with Crippen LogP contribution in [-0.4, -0.2) is 30.6 Å². The zero-order valence-corrected chi connectivity index (χ0v) is 5.23. The number of aliphatic hydroxyl groups excluding tert-OH is 1. The molecule has 10 heavy (non-hydrogen) atoms. The first-order chi connectivity index (χ1) is 4.56. The van der Waals surface area contributed by atoms with Crippen LogP contribution in [0.2, 0.25) is 0 Å². The second-order valence-corrected chi connectivity index (χ2v) is 1.65. The van der Waals surface area contributed by atoms with Crippen molar-refractivity contribution in [3.05, 3.63) is 0 Å². The van der Waals surface area contributed by atoms with Crippen LogP contribution < -0.4 is 0 Å².